The number of phenolic OH excluding ortho intramolecular Hbond substituents is 1. The summed E-state index contributed by atoms with van der Waals surface area (Å²) in [5.74, 6) is 0.207. The van der Waals surface area contributed by atoms with Gasteiger partial charge in [0.05, 0.1) is 5.41 Å². The number of aliphatic hydroxyl groups is 1. The Morgan fingerprint density at radius 2 is 2.17 bits per heavy atom. The lowest BCUT2D eigenvalue weighted by molar-refractivity contribution is -0.137. The molecule has 5 nitrogen and oxygen atoms in total. The number of phenols is 1. The molecule has 0 bridgehead atoms. The van der Waals surface area contributed by atoms with Gasteiger partial charge < -0.3 is 19.8 Å². The van der Waals surface area contributed by atoms with Crippen molar-refractivity contribution in [3.63, 3.8) is 0 Å². The number of nitrogens with zero attached hydrogens (tertiary/aromatic N) is 1. The maximum absolute atomic E-state index is 12.4. The molecule has 23 heavy (non-hydrogen) atoms. The van der Waals surface area contributed by atoms with E-state index in [0.29, 0.717) is 12.2 Å². The maximum Gasteiger partial charge on any atom is 0.196 e. The van der Waals surface area contributed by atoms with E-state index in [1.807, 2.05) is 27.0 Å². The predicted molar refractivity (Wildman–Crippen MR) is 84.8 cm³/mol. The van der Waals surface area contributed by atoms with E-state index in [4.69, 9.17) is 4.74 Å². The molecule has 0 amide bonds. The van der Waals surface area contributed by atoms with E-state index in [0.717, 1.165) is 17.7 Å². The van der Waals surface area contributed by atoms with Gasteiger partial charge in [-0.25, -0.2) is 0 Å². The Kier molecular flexibility index (Phi) is 2.79. The Morgan fingerprint density at radius 1 is 1.43 bits per heavy atom. The number of hydrogen-bond donors (Lipinski definition) is 2. The molecule has 1 aromatic carbocycles. The first-order chi connectivity index (χ1) is 10.8. The molecule has 2 aliphatic carbocycles. The highest BCUT2D eigenvalue weighted by Gasteiger charge is 2.67. The SMILES string of the molecule is CCN(C)[C@@H]1Cc2ccc(O)c3c2[C@@]2(C)C(O3)C(=O)C=CC12O. The Morgan fingerprint density at radius 3 is 2.87 bits per heavy atom. The fourth-order valence-corrected chi connectivity index (χ4v) is 4.59. The number of likely N-dealkylation sites (N-methyl/N-ethyl adjacent to an activating group) is 1. The largest absolute Gasteiger partial charge is 0.504 e. The summed E-state index contributed by atoms with van der Waals surface area (Å²) in [6.45, 7) is 4.71. The summed E-state index contributed by atoms with van der Waals surface area (Å²) in [7, 11) is 1.98. The van der Waals surface area contributed by atoms with Crippen LogP contribution in [0.5, 0.6) is 11.5 Å². The number of benzene rings is 1. The van der Waals surface area contributed by atoms with E-state index >= 15 is 0 Å². The van der Waals surface area contributed by atoms with Gasteiger partial charge in [0.1, 0.15) is 5.60 Å². The quantitative estimate of drug-likeness (QED) is 0.857. The highest BCUT2D eigenvalue weighted by molar-refractivity contribution is 5.98. The Bertz CT molecular complexity index is 743. The van der Waals surface area contributed by atoms with Gasteiger partial charge in [0.15, 0.2) is 23.4 Å². The van der Waals surface area contributed by atoms with Crippen LogP contribution in [-0.2, 0) is 16.6 Å². The molecular formula is C18H21NO4. The molecule has 0 aromatic heterocycles. The number of aromatic hydroxyl groups is 1. The fourth-order valence-electron chi connectivity index (χ4n) is 4.59. The van der Waals surface area contributed by atoms with Crippen molar-refractivity contribution in [1.29, 1.82) is 0 Å². The smallest absolute Gasteiger partial charge is 0.196 e. The van der Waals surface area contributed by atoms with E-state index in [-0.39, 0.29) is 17.6 Å². The molecule has 1 aromatic rings. The molecule has 0 radical (unpaired) electrons. The van der Waals surface area contributed by atoms with Crippen LogP contribution >= 0.6 is 0 Å². The van der Waals surface area contributed by atoms with Crippen molar-refractivity contribution in [2.75, 3.05) is 13.6 Å². The van der Waals surface area contributed by atoms with Crippen LogP contribution in [0.15, 0.2) is 24.3 Å². The number of ketones is 1. The Balaban J connectivity index is 2.04. The van der Waals surface area contributed by atoms with Crippen LogP contribution in [0.1, 0.15) is 25.0 Å². The van der Waals surface area contributed by atoms with Gasteiger partial charge in [-0.05, 0) is 50.7 Å². The van der Waals surface area contributed by atoms with Crippen LogP contribution in [0, 0.1) is 0 Å². The summed E-state index contributed by atoms with van der Waals surface area (Å²) in [6.07, 6.45) is 2.91. The standard InChI is InChI=1S/C18H21NO4/c1-4-19(3)13-9-10-5-6-11(20)15-14(10)17(2)16(23-15)12(21)7-8-18(13,17)22/h5-8,13,16,20,22H,4,9H2,1-3H3/t13-,16?,17+,18?/m1/s1. The predicted octanol–water partition coefficient (Wildman–Crippen LogP) is 1.16. The average molecular weight is 315 g/mol. The van der Waals surface area contributed by atoms with E-state index in [1.165, 1.54) is 6.08 Å². The van der Waals surface area contributed by atoms with E-state index in [2.05, 4.69) is 4.90 Å². The molecule has 4 atom stereocenters. The number of hydrogen-bond acceptors (Lipinski definition) is 5. The number of rotatable bonds is 2. The zero-order chi connectivity index (χ0) is 16.6. The van der Waals surface area contributed by atoms with Gasteiger partial charge in [-0.3, -0.25) is 4.79 Å². The van der Waals surface area contributed by atoms with Crippen molar-refractivity contribution in [2.45, 2.75) is 43.4 Å². The third-order valence-corrected chi connectivity index (χ3v) is 6.05. The molecule has 2 N–H and O–H groups in total. The summed E-state index contributed by atoms with van der Waals surface area (Å²) < 4.78 is 5.85. The number of carbonyl (C=O) groups is 1. The summed E-state index contributed by atoms with van der Waals surface area (Å²) in [5.41, 5.74) is -0.305. The van der Waals surface area contributed by atoms with Crippen molar-refractivity contribution in [1.82, 2.24) is 4.90 Å². The van der Waals surface area contributed by atoms with Gasteiger partial charge >= 0.3 is 0 Å². The topological polar surface area (TPSA) is 70.0 Å². The molecule has 0 spiro atoms. The van der Waals surface area contributed by atoms with Gasteiger partial charge in [0, 0.05) is 11.6 Å². The van der Waals surface area contributed by atoms with Gasteiger partial charge in [-0.2, -0.15) is 0 Å². The van der Waals surface area contributed by atoms with Crippen molar-refractivity contribution >= 4 is 5.78 Å². The molecule has 3 aliphatic rings. The Hall–Kier alpha value is -1.85. The lowest BCUT2D eigenvalue weighted by Gasteiger charge is -2.54. The molecule has 4 rings (SSSR count). The van der Waals surface area contributed by atoms with E-state index < -0.39 is 17.1 Å². The minimum atomic E-state index is -1.22. The van der Waals surface area contributed by atoms with Crippen molar-refractivity contribution in [3.05, 3.63) is 35.4 Å². The maximum atomic E-state index is 12.4. The lowest BCUT2D eigenvalue weighted by atomic mass is 9.55. The van der Waals surface area contributed by atoms with Crippen LogP contribution in [0.25, 0.3) is 0 Å². The highest BCUT2D eigenvalue weighted by atomic mass is 16.5. The van der Waals surface area contributed by atoms with Crippen LogP contribution < -0.4 is 4.74 Å². The van der Waals surface area contributed by atoms with Crippen molar-refractivity contribution < 1.29 is 19.7 Å². The average Bonchev–Trinajstić information content (AvgIpc) is 2.87. The first kappa shape index (κ1) is 14.7. The van der Waals surface area contributed by atoms with Gasteiger partial charge in [0.25, 0.3) is 0 Å². The molecule has 2 unspecified atom stereocenters. The second kappa shape index (κ2) is 4.36. The van der Waals surface area contributed by atoms with Crippen LogP contribution in [-0.4, -0.2) is 52.2 Å². The summed E-state index contributed by atoms with van der Waals surface area (Å²) in [4.78, 5) is 14.5. The van der Waals surface area contributed by atoms with E-state index in [9.17, 15) is 15.0 Å². The normalized spacial score (nSPS) is 37.0. The minimum Gasteiger partial charge on any atom is -0.504 e. The fraction of sp³-hybridized carbons (Fsp3) is 0.500. The molecular weight excluding hydrogens is 294 g/mol. The van der Waals surface area contributed by atoms with Crippen LogP contribution in [0.3, 0.4) is 0 Å². The lowest BCUT2D eigenvalue weighted by Crippen LogP contribution is -2.70. The first-order valence-corrected chi connectivity index (χ1v) is 8.02. The second-order valence-electron chi connectivity index (χ2n) is 7.00. The number of ether oxygens (including phenoxy) is 1. The third kappa shape index (κ3) is 1.52. The molecule has 5 heteroatoms. The highest BCUT2D eigenvalue weighted by Crippen LogP contribution is 2.60. The van der Waals surface area contributed by atoms with Crippen molar-refractivity contribution in [3.8, 4) is 11.5 Å². The first-order valence-electron chi connectivity index (χ1n) is 8.02. The Labute approximate surface area is 135 Å². The molecule has 0 fully saturated rings. The second-order valence-corrected chi connectivity index (χ2v) is 7.00. The summed E-state index contributed by atoms with van der Waals surface area (Å²) >= 11 is 0. The van der Waals surface area contributed by atoms with Gasteiger partial charge in [-0.15, -0.1) is 0 Å². The van der Waals surface area contributed by atoms with Gasteiger partial charge in [0.2, 0.25) is 0 Å². The van der Waals surface area contributed by atoms with Gasteiger partial charge in [-0.1, -0.05) is 13.0 Å². The third-order valence-electron chi connectivity index (χ3n) is 6.05. The summed E-state index contributed by atoms with van der Waals surface area (Å²) in [5, 5.41) is 21.8. The minimum absolute atomic E-state index is 0.0248. The molecule has 0 saturated heterocycles. The van der Waals surface area contributed by atoms with Crippen LogP contribution in [0.4, 0.5) is 0 Å². The molecule has 122 valence electrons. The molecule has 1 heterocycles. The summed E-state index contributed by atoms with van der Waals surface area (Å²) in [6, 6.07) is 3.33. The monoisotopic (exact) mass is 315 g/mol. The van der Waals surface area contributed by atoms with Crippen molar-refractivity contribution in [2.24, 2.45) is 0 Å². The number of carbonyl (C=O) groups excluding carboxylic acids is 1. The van der Waals surface area contributed by atoms with Crippen LogP contribution in [0.2, 0.25) is 0 Å². The van der Waals surface area contributed by atoms with E-state index in [1.54, 1.807) is 12.1 Å². The zero-order valence-corrected chi connectivity index (χ0v) is 13.5. The molecule has 1 aliphatic heterocycles. The molecule has 0 saturated carbocycles. The zero-order valence-electron chi connectivity index (χ0n) is 13.5.